The topological polar surface area (TPSA) is 41.5 Å². The van der Waals surface area contributed by atoms with Crippen LogP contribution >= 0.6 is 0 Å². The molecule has 0 radical (unpaired) electrons. The van der Waals surface area contributed by atoms with Crippen molar-refractivity contribution in [3.8, 4) is 11.5 Å². The zero-order valence-electron chi connectivity index (χ0n) is 10.9. The highest BCUT2D eigenvalue weighted by Gasteiger charge is 2.04. The van der Waals surface area contributed by atoms with Crippen molar-refractivity contribution in [3.63, 3.8) is 0 Å². The number of phenols is 1. The molecule has 0 aliphatic heterocycles. The van der Waals surface area contributed by atoms with E-state index in [0.29, 0.717) is 12.1 Å². The normalized spacial score (nSPS) is 10.3. The fourth-order valence-corrected chi connectivity index (χ4v) is 1.85. The first-order valence-electron chi connectivity index (χ1n) is 5.96. The molecular weight excluding hydrogens is 245 g/mol. The van der Waals surface area contributed by atoms with Crippen LogP contribution in [0.4, 0.5) is 10.1 Å². The van der Waals surface area contributed by atoms with E-state index in [4.69, 9.17) is 4.74 Å². The molecule has 0 aliphatic carbocycles. The van der Waals surface area contributed by atoms with Gasteiger partial charge in [-0.2, -0.15) is 0 Å². The second-order valence-corrected chi connectivity index (χ2v) is 4.31. The first-order chi connectivity index (χ1) is 9.10. The van der Waals surface area contributed by atoms with Gasteiger partial charge in [-0.05, 0) is 48.9 Å². The molecule has 0 unspecified atom stereocenters. The van der Waals surface area contributed by atoms with Crippen molar-refractivity contribution in [3.05, 3.63) is 53.3 Å². The summed E-state index contributed by atoms with van der Waals surface area (Å²) in [6.45, 7) is 2.31. The largest absolute Gasteiger partial charge is 0.508 e. The Morgan fingerprint density at radius 2 is 2.00 bits per heavy atom. The van der Waals surface area contributed by atoms with Gasteiger partial charge in [-0.25, -0.2) is 4.39 Å². The number of anilines is 1. The highest BCUT2D eigenvalue weighted by Crippen LogP contribution is 2.23. The van der Waals surface area contributed by atoms with Gasteiger partial charge in [0.15, 0.2) is 0 Å². The predicted octanol–water partition coefficient (Wildman–Crippen LogP) is 3.46. The maximum Gasteiger partial charge on any atom is 0.123 e. The number of ether oxygens (including phenoxy) is 1. The van der Waals surface area contributed by atoms with Gasteiger partial charge >= 0.3 is 0 Å². The molecule has 100 valence electrons. The third-order valence-electron chi connectivity index (χ3n) is 2.94. The van der Waals surface area contributed by atoms with Crippen molar-refractivity contribution >= 4 is 5.69 Å². The molecule has 0 amide bonds. The first kappa shape index (κ1) is 13.2. The van der Waals surface area contributed by atoms with Crippen LogP contribution < -0.4 is 10.1 Å². The second kappa shape index (κ2) is 5.61. The summed E-state index contributed by atoms with van der Waals surface area (Å²) in [4.78, 5) is 0. The van der Waals surface area contributed by atoms with Crippen LogP contribution in [0.5, 0.6) is 11.5 Å². The van der Waals surface area contributed by atoms with E-state index < -0.39 is 0 Å². The predicted molar refractivity (Wildman–Crippen MR) is 73.1 cm³/mol. The van der Waals surface area contributed by atoms with E-state index in [1.54, 1.807) is 7.11 Å². The van der Waals surface area contributed by atoms with Crippen molar-refractivity contribution in [1.82, 2.24) is 0 Å². The van der Waals surface area contributed by atoms with Crippen LogP contribution in [0.15, 0.2) is 36.4 Å². The summed E-state index contributed by atoms with van der Waals surface area (Å²) in [5, 5.41) is 12.8. The number of methoxy groups -OCH3 is 1. The summed E-state index contributed by atoms with van der Waals surface area (Å²) in [6, 6.07) is 9.56. The summed E-state index contributed by atoms with van der Waals surface area (Å²) in [7, 11) is 1.62. The van der Waals surface area contributed by atoms with Gasteiger partial charge in [-0.1, -0.05) is 0 Å². The summed E-state index contributed by atoms with van der Waals surface area (Å²) >= 11 is 0. The molecule has 0 bridgehead atoms. The molecule has 2 rings (SSSR count). The molecular formula is C15H16FNO2. The Bertz CT molecular complexity index is 584. The quantitative estimate of drug-likeness (QED) is 0.885. The van der Waals surface area contributed by atoms with Crippen LogP contribution in [-0.4, -0.2) is 12.2 Å². The molecule has 2 N–H and O–H groups in total. The van der Waals surface area contributed by atoms with Crippen molar-refractivity contribution in [1.29, 1.82) is 0 Å². The Balaban J connectivity index is 2.12. The standard InChI is InChI=1S/C15H16FNO2/c1-10-7-13(19-2)4-5-14(10)17-9-11-8-12(16)3-6-15(11)18/h3-8,17-18H,9H2,1-2H3. The van der Waals surface area contributed by atoms with Crippen molar-refractivity contribution < 1.29 is 14.2 Å². The second-order valence-electron chi connectivity index (χ2n) is 4.31. The summed E-state index contributed by atoms with van der Waals surface area (Å²) in [5.41, 5.74) is 2.47. The van der Waals surface area contributed by atoms with Crippen molar-refractivity contribution in [2.24, 2.45) is 0 Å². The van der Waals surface area contributed by atoms with Crippen LogP contribution in [0.1, 0.15) is 11.1 Å². The van der Waals surface area contributed by atoms with E-state index in [2.05, 4.69) is 5.32 Å². The summed E-state index contributed by atoms with van der Waals surface area (Å²) < 4.78 is 18.2. The number of halogens is 1. The lowest BCUT2D eigenvalue weighted by atomic mass is 10.1. The SMILES string of the molecule is COc1ccc(NCc2cc(F)ccc2O)c(C)c1. The highest BCUT2D eigenvalue weighted by molar-refractivity contribution is 5.54. The molecule has 0 heterocycles. The molecule has 0 saturated heterocycles. The molecule has 4 heteroatoms. The first-order valence-corrected chi connectivity index (χ1v) is 5.96. The maximum atomic E-state index is 13.1. The van der Waals surface area contributed by atoms with Crippen LogP contribution in [0.3, 0.4) is 0 Å². The van der Waals surface area contributed by atoms with Gasteiger partial charge < -0.3 is 15.2 Å². The minimum atomic E-state index is -0.360. The molecule has 0 aliphatic rings. The van der Waals surface area contributed by atoms with E-state index in [0.717, 1.165) is 17.0 Å². The third-order valence-corrected chi connectivity index (χ3v) is 2.94. The van der Waals surface area contributed by atoms with Gasteiger partial charge in [0.25, 0.3) is 0 Å². The Hall–Kier alpha value is -2.23. The van der Waals surface area contributed by atoms with E-state index in [-0.39, 0.29) is 11.6 Å². The lowest BCUT2D eigenvalue weighted by molar-refractivity contribution is 0.414. The van der Waals surface area contributed by atoms with Gasteiger partial charge in [-0.3, -0.25) is 0 Å². The number of rotatable bonds is 4. The van der Waals surface area contributed by atoms with Gasteiger partial charge in [0.2, 0.25) is 0 Å². The van der Waals surface area contributed by atoms with Gasteiger partial charge in [0.05, 0.1) is 7.11 Å². The number of aryl methyl sites for hydroxylation is 1. The Morgan fingerprint density at radius 1 is 1.21 bits per heavy atom. The fraction of sp³-hybridized carbons (Fsp3) is 0.200. The Kier molecular flexibility index (Phi) is 3.90. The van der Waals surface area contributed by atoms with Gasteiger partial charge in [-0.15, -0.1) is 0 Å². The van der Waals surface area contributed by atoms with Gasteiger partial charge in [0.1, 0.15) is 17.3 Å². The summed E-state index contributed by atoms with van der Waals surface area (Å²) in [6.07, 6.45) is 0. The minimum absolute atomic E-state index is 0.0834. The zero-order chi connectivity index (χ0) is 13.8. The lowest BCUT2D eigenvalue weighted by Crippen LogP contribution is -2.02. The van der Waals surface area contributed by atoms with E-state index >= 15 is 0 Å². The number of benzene rings is 2. The van der Waals surface area contributed by atoms with Gasteiger partial charge in [0, 0.05) is 17.8 Å². The Morgan fingerprint density at radius 3 is 2.68 bits per heavy atom. The average molecular weight is 261 g/mol. The molecule has 0 atom stereocenters. The summed E-state index contributed by atoms with van der Waals surface area (Å²) in [5.74, 6) is 0.512. The third kappa shape index (κ3) is 3.16. The number of nitrogens with one attached hydrogen (secondary N) is 1. The molecule has 0 fully saturated rings. The monoisotopic (exact) mass is 261 g/mol. The van der Waals surface area contributed by atoms with E-state index in [1.165, 1.54) is 18.2 Å². The number of hydrogen-bond donors (Lipinski definition) is 2. The minimum Gasteiger partial charge on any atom is -0.508 e. The number of aromatic hydroxyl groups is 1. The van der Waals surface area contributed by atoms with Crippen LogP contribution in [0.2, 0.25) is 0 Å². The highest BCUT2D eigenvalue weighted by atomic mass is 19.1. The smallest absolute Gasteiger partial charge is 0.123 e. The van der Waals surface area contributed by atoms with E-state index in [9.17, 15) is 9.50 Å². The molecule has 19 heavy (non-hydrogen) atoms. The molecule has 0 spiro atoms. The lowest BCUT2D eigenvalue weighted by Gasteiger charge is -2.12. The van der Waals surface area contributed by atoms with Crippen LogP contribution in [0.25, 0.3) is 0 Å². The number of phenolic OH excluding ortho intramolecular Hbond substituents is 1. The molecule has 3 nitrogen and oxygen atoms in total. The van der Waals surface area contributed by atoms with Crippen LogP contribution in [0, 0.1) is 12.7 Å². The Labute approximate surface area is 111 Å². The molecule has 2 aromatic rings. The zero-order valence-corrected chi connectivity index (χ0v) is 10.9. The molecule has 0 aromatic heterocycles. The average Bonchev–Trinajstić information content (AvgIpc) is 2.40. The fourth-order valence-electron chi connectivity index (χ4n) is 1.85. The number of hydrogen-bond acceptors (Lipinski definition) is 3. The molecule has 0 saturated carbocycles. The van der Waals surface area contributed by atoms with Crippen molar-refractivity contribution in [2.45, 2.75) is 13.5 Å². The van der Waals surface area contributed by atoms with Crippen LogP contribution in [-0.2, 0) is 6.54 Å². The van der Waals surface area contributed by atoms with E-state index in [1.807, 2.05) is 25.1 Å². The van der Waals surface area contributed by atoms with Crippen molar-refractivity contribution in [2.75, 3.05) is 12.4 Å². The maximum absolute atomic E-state index is 13.1. The molecule has 2 aromatic carbocycles.